The van der Waals surface area contributed by atoms with Gasteiger partial charge < -0.3 is 20.1 Å². The normalized spacial score (nSPS) is 17.9. The van der Waals surface area contributed by atoms with Gasteiger partial charge in [0.05, 0.1) is 31.7 Å². The number of benzene rings is 2. The minimum Gasteiger partial charge on any atom is -0.497 e. The van der Waals surface area contributed by atoms with Gasteiger partial charge in [-0.05, 0) is 24.1 Å². The number of hydrogen-bond donors (Lipinski definition) is 2. The molecule has 2 aromatic rings. The molecule has 136 valence electrons. The first kappa shape index (κ1) is 17.8. The van der Waals surface area contributed by atoms with Crippen LogP contribution in [-0.2, 0) is 16.1 Å². The van der Waals surface area contributed by atoms with Crippen molar-refractivity contribution in [1.29, 1.82) is 0 Å². The Kier molecular flexibility index (Phi) is 5.41. The van der Waals surface area contributed by atoms with Crippen LogP contribution in [-0.4, -0.2) is 26.0 Å². The number of methoxy groups -OCH3 is 2. The van der Waals surface area contributed by atoms with Crippen molar-refractivity contribution < 1.29 is 19.1 Å². The topological polar surface area (TPSA) is 76.7 Å². The molecule has 1 saturated carbocycles. The highest BCUT2D eigenvalue weighted by Gasteiger charge is 2.48. The quantitative estimate of drug-likeness (QED) is 0.801. The number of carbonyl (C=O) groups is 2. The smallest absolute Gasteiger partial charge is 0.228 e. The van der Waals surface area contributed by atoms with E-state index in [0.717, 1.165) is 5.56 Å². The lowest BCUT2D eigenvalue weighted by Gasteiger charge is -2.11. The fraction of sp³-hybridized carbons (Fsp3) is 0.300. The zero-order valence-electron chi connectivity index (χ0n) is 14.8. The van der Waals surface area contributed by atoms with E-state index in [1.54, 1.807) is 25.3 Å². The standard InChI is InChI=1S/C20H22N2O4/c1-25-14-8-9-17(18(10-14)26-2)22-20(24)16-11-15(16)19(23)21-12-13-6-4-3-5-7-13/h3-10,15-16H,11-12H2,1-2H3,(H,21,23)(H,22,24). The van der Waals surface area contributed by atoms with E-state index >= 15 is 0 Å². The minimum absolute atomic E-state index is 0.0873. The molecular weight excluding hydrogens is 332 g/mol. The Morgan fingerprint density at radius 3 is 2.42 bits per heavy atom. The van der Waals surface area contributed by atoms with Crippen LogP contribution >= 0.6 is 0 Å². The highest BCUT2D eigenvalue weighted by Crippen LogP contribution is 2.40. The van der Waals surface area contributed by atoms with Crippen LogP contribution in [0, 0.1) is 11.8 Å². The molecule has 2 unspecified atom stereocenters. The van der Waals surface area contributed by atoms with Gasteiger partial charge in [-0.25, -0.2) is 0 Å². The average molecular weight is 354 g/mol. The second-order valence-corrected chi connectivity index (χ2v) is 6.21. The third-order valence-corrected chi connectivity index (χ3v) is 4.44. The monoisotopic (exact) mass is 354 g/mol. The zero-order valence-corrected chi connectivity index (χ0v) is 14.8. The number of ether oxygens (including phenoxy) is 2. The second kappa shape index (κ2) is 7.91. The van der Waals surface area contributed by atoms with Crippen molar-refractivity contribution >= 4 is 17.5 Å². The maximum absolute atomic E-state index is 12.4. The van der Waals surface area contributed by atoms with Crippen LogP contribution in [0.25, 0.3) is 0 Å². The van der Waals surface area contributed by atoms with Gasteiger partial charge in [-0.1, -0.05) is 30.3 Å². The highest BCUT2D eigenvalue weighted by atomic mass is 16.5. The molecule has 2 aromatic carbocycles. The number of nitrogens with one attached hydrogen (secondary N) is 2. The van der Waals surface area contributed by atoms with Crippen molar-refractivity contribution in [1.82, 2.24) is 5.32 Å². The number of rotatable bonds is 7. The molecule has 0 heterocycles. The van der Waals surface area contributed by atoms with Crippen LogP contribution in [0.5, 0.6) is 11.5 Å². The first-order valence-electron chi connectivity index (χ1n) is 8.47. The SMILES string of the molecule is COc1ccc(NC(=O)C2CC2C(=O)NCc2ccccc2)c(OC)c1. The van der Waals surface area contributed by atoms with Gasteiger partial charge in [-0.2, -0.15) is 0 Å². The van der Waals surface area contributed by atoms with Gasteiger partial charge in [0.15, 0.2) is 0 Å². The van der Waals surface area contributed by atoms with Gasteiger partial charge in [0, 0.05) is 12.6 Å². The molecular formula is C20H22N2O4. The Hall–Kier alpha value is -3.02. The molecule has 1 aliphatic rings. The Bertz CT molecular complexity index is 792. The lowest BCUT2D eigenvalue weighted by Crippen LogP contribution is -2.27. The summed E-state index contributed by atoms with van der Waals surface area (Å²) in [4.78, 5) is 24.6. The molecule has 0 aromatic heterocycles. The lowest BCUT2D eigenvalue weighted by molar-refractivity contribution is -0.125. The average Bonchev–Trinajstić information content (AvgIpc) is 3.48. The summed E-state index contributed by atoms with van der Waals surface area (Å²) in [6, 6.07) is 14.9. The molecule has 0 aliphatic heterocycles. The van der Waals surface area contributed by atoms with Gasteiger partial charge >= 0.3 is 0 Å². The molecule has 0 bridgehead atoms. The first-order chi connectivity index (χ1) is 12.6. The van der Waals surface area contributed by atoms with Gasteiger partial charge in [0.2, 0.25) is 11.8 Å². The van der Waals surface area contributed by atoms with Crippen LogP contribution in [0.3, 0.4) is 0 Å². The summed E-state index contributed by atoms with van der Waals surface area (Å²) >= 11 is 0. The van der Waals surface area contributed by atoms with Crippen LogP contribution < -0.4 is 20.1 Å². The molecule has 2 atom stereocenters. The molecule has 2 amide bonds. The van der Waals surface area contributed by atoms with E-state index in [-0.39, 0.29) is 23.7 Å². The van der Waals surface area contributed by atoms with Crippen molar-refractivity contribution in [2.45, 2.75) is 13.0 Å². The maximum Gasteiger partial charge on any atom is 0.228 e. The Morgan fingerprint density at radius 1 is 1.00 bits per heavy atom. The summed E-state index contributed by atoms with van der Waals surface area (Å²) < 4.78 is 10.4. The predicted molar refractivity (Wildman–Crippen MR) is 98.1 cm³/mol. The molecule has 1 fully saturated rings. The van der Waals surface area contributed by atoms with Gasteiger partial charge in [0.25, 0.3) is 0 Å². The fourth-order valence-electron chi connectivity index (χ4n) is 2.82. The maximum atomic E-state index is 12.4. The third kappa shape index (κ3) is 4.14. The predicted octanol–water partition coefficient (Wildman–Crippen LogP) is 2.59. The molecule has 0 radical (unpaired) electrons. The summed E-state index contributed by atoms with van der Waals surface area (Å²) in [6.45, 7) is 0.469. The van der Waals surface area contributed by atoms with E-state index in [1.807, 2.05) is 30.3 Å². The minimum atomic E-state index is -0.308. The zero-order chi connectivity index (χ0) is 18.5. The summed E-state index contributed by atoms with van der Waals surface area (Å²) in [5, 5.41) is 5.72. The number of hydrogen-bond acceptors (Lipinski definition) is 4. The first-order valence-corrected chi connectivity index (χ1v) is 8.47. The van der Waals surface area contributed by atoms with Crippen LogP contribution in [0.2, 0.25) is 0 Å². The van der Waals surface area contributed by atoms with E-state index in [1.165, 1.54) is 7.11 Å². The van der Waals surface area contributed by atoms with Crippen LogP contribution in [0.15, 0.2) is 48.5 Å². The molecule has 2 N–H and O–H groups in total. The van der Waals surface area contributed by atoms with E-state index < -0.39 is 0 Å². The van der Waals surface area contributed by atoms with Gasteiger partial charge in [-0.15, -0.1) is 0 Å². The molecule has 0 spiro atoms. The van der Waals surface area contributed by atoms with Gasteiger partial charge in [0.1, 0.15) is 11.5 Å². The van der Waals surface area contributed by atoms with E-state index in [4.69, 9.17) is 9.47 Å². The highest BCUT2D eigenvalue weighted by molar-refractivity contribution is 6.00. The summed E-state index contributed by atoms with van der Waals surface area (Å²) in [5.41, 5.74) is 1.60. The third-order valence-electron chi connectivity index (χ3n) is 4.44. The molecule has 6 heteroatoms. The summed E-state index contributed by atoms with van der Waals surface area (Å²) in [6.07, 6.45) is 0.560. The molecule has 26 heavy (non-hydrogen) atoms. The molecule has 1 aliphatic carbocycles. The molecule has 6 nitrogen and oxygen atoms in total. The van der Waals surface area contributed by atoms with Gasteiger partial charge in [-0.3, -0.25) is 9.59 Å². The number of anilines is 1. The fourth-order valence-corrected chi connectivity index (χ4v) is 2.82. The molecule has 0 saturated heterocycles. The largest absolute Gasteiger partial charge is 0.497 e. The van der Waals surface area contributed by atoms with E-state index in [0.29, 0.717) is 30.2 Å². The van der Waals surface area contributed by atoms with Crippen LogP contribution in [0.1, 0.15) is 12.0 Å². The number of amides is 2. The van der Waals surface area contributed by atoms with Crippen molar-refractivity contribution in [3.05, 3.63) is 54.1 Å². The van der Waals surface area contributed by atoms with Crippen LogP contribution in [0.4, 0.5) is 5.69 Å². The van der Waals surface area contributed by atoms with Crippen molar-refractivity contribution in [2.24, 2.45) is 11.8 Å². The summed E-state index contributed by atoms with van der Waals surface area (Å²) in [7, 11) is 3.09. The summed E-state index contributed by atoms with van der Waals surface area (Å²) in [5.74, 6) is 0.317. The lowest BCUT2D eigenvalue weighted by atomic mass is 10.2. The van der Waals surface area contributed by atoms with Crippen molar-refractivity contribution in [3.8, 4) is 11.5 Å². The number of carbonyl (C=O) groups excluding carboxylic acids is 2. The van der Waals surface area contributed by atoms with E-state index in [2.05, 4.69) is 10.6 Å². The second-order valence-electron chi connectivity index (χ2n) is 6.21. The van der Waals surface area contributed by atoms with Crippen molar-refractivity contribution in [3.63, 3.8) is 0 Å². The van der Waals surface area contributed by atoms with Crippen molar-refractivity contribution in [2.75, 3.05) is 19.5 Å². The molecule has 3 rings (SSSR count). The Balaban J connectivity index is 1.53. The Morgan fingerprint density at radius 2 is 1.73 bits per heavy atom. The van der Waals surface area contributed by atoms with E-state index in [9.17, 15) is 9.59 Å². The Labute approximate surface area is 152 Å².